The quantitative estimate of drug-likeness (QED) is 0.606. The molecule has 3 aliphatic rings. The van der Waals surface area contributed by atoms with E-state index in [4.69, 9.17) is 4.74 Å². The molecule has 9 heteroatoms. The predicted octanol–water partition coefficient (Wildman–Crippen LogP) is 0.695. The minimum atomic E-state index is -0.242. The van der Waals surface area contributed by atoms with Crippen molar-refractivity contribution in [1.82, 2.24) is 19.6 Å². The van der Waals surface area contributed by atoms with E-state index in [0.717, 1.165) is 32.7 Å². The molecule has 3 aliphatic heterocycles. The lowest BCUT2D eigenvalue weighted by molar-refractivity contribution is -0.138. The molecule has 0 bridgehead atoms. The van der Waals surface area contributed by atoms with Crippen LogP contribution in [0, 0.1) is 0 Å². The lowest BCUT2D eigenvalue weighted by Gasteiger charge is -2.36. The van der Waals surface area contributed by atoms with Gasteiger partial charge in [-0.05, 0) is 24.2 Å². The number of anilines is 1. The first-order valence-electron chi connectivity index (χ1n) is 11.7. The molecule has 0 aliphatic carbocycles. The molecule has 0 aromatic heterocycles. The van der Waals surface area contributed by atoms with Crippen LogP contribution in [0.4, 0.5) is 5.69 Å². The fraction of sp³-hybridized carbons (Fsp3) is 0.542. The van der Waals surface area contributed by atoms with Crippen molar-refractivity contribution in [1.29, 1.82) is 0 Å². The van der Waals surface area contributed by atoms with Crippen LogP contribution >= 0.6 is 0 Å². The van der Waals surface area contributed by atoms with Gasteiger partial charge in [-0.25, -0.2) is 0 Å². The zero-order chi connectivity index (χ0) is 23.4. The van der Waals surface area contributed by atoms with Crippen molar-refractivity contribution in [3.05, 3.63) is 35.5 Å². The fourth-order valence-electron chi connectivity index (χ4n) is 4.60. The van der Waals surface area contributed by atoms with E-state index in [-0.39, 0.29) is 17.7 Å². The van der Waals surface area contributed by atoms with Crippen LogP contribution in [0.3, 0.4) is 0 Å². The molecule has 0 unspecified atom stereocenters. The summed E-state index contributed by atoms with van der Waals surface area (Å²) in [6.45, 7) is 11.7. The molecular weight excluding hydrogens is 422 g/mol. The van der Waals surface area contributed by atoms with Gasteiger partial charge in [-0.3, -0.25) is 24.2 Å². The summed E-state index contributed by atoms with van der Waals surface area (Å²) in [7, 11) is 0. The topological polar surface area (TPSA) is 85.4 Å². The van der Waals surface area contributed by atoms with Crippen molar-refractivity contribution in [2.75, 3.05) is 77.4 Å². The Balaban J connectivity index is 1.59. The number of carbonyl (C=O) groups excluding carboxylic acids is 3. The van der Waals surface area contributed by atoms with Crippen molar-refractivity contribution >= 4 is 29.0 Å². The molecule has 178 valence electrons. The van der Waals surface area contributed by atoms with Crippen LogP contribution in [0.25, 0.3) is 5.57 Å². The van der Waals surface area contributed by atoms with E-state index < -0.39 is 0 Å². The van der Waals surface area contributed by atoms with Crippen molar-refractivity contribution in [2.45, 2.75) is 13.8 Å². The lowest BCUT2D eigenvalue weighted by Crippen LogP contribution is -2.48. The maximum atomic E-state index is 13.5. The van der Waals surface area contributed by atoms with Gasteiger partial charge in [0.2, 0.25) is 5.91 Å². The van der Waals surface area contributed by atoms with Gasteiger partial charge in [0.25, 0.3) is 11.8 Å². The number of rotatable bonds is 7. The van der Waals surface area contributed by atoms with E-state index in [0.29, 0.717) is 61.9 Å². The SMILES string of the molecule is CCN1CCN(C2=C(c3ccc(NC(C)=O)cc3)C(=O)N(CCN3CCOCC3)C2=O)CC1. The first-order valence-corrected chi connectivity index (χ1v) is 11.7. The van der Waals surface area contributed by atoms with Gasteiger partial charge >= 0.3 is 0 Å². The van der Waals surface area contributed by atoms with E-state index in [2.05, 4.69) is 26.9 Å². The monoisotopic (exact) mass is 455 g/mol. The van der Waals surface area contributed by atoms with E-state index in [1.807, 2.05) is 0 Å². The Labute approximate surface area is 194 Å². The highest BCUT2D eigenvalue weighted by Crippen LogP contribution is 2.32. The number of benzene rings is 1. The van der Waals surface area contributed by atoms with E-state index >= 15 is 0 Å². The third kappa shape index (κ3) is 5.26. The zero-order valence-corrected chi connectivity index (χ0v) is 19.5. The van der Waals surface area contributed by atoms with Gasteiger partial charge in [-0.1, -0.05) is 19.1 Å². The summed E-state index contributed by atoms with van der Waals surface area (Å²) in [5.41, 5.74) is 2.32. The van der Waals surface area contributed by atoms with Crippen molar-refractivity contribution < 1.29 is 19.1 Å². The molecule has 0 saturated carbocycles. The van der Waals surface area contributed by atoms with E-state index in [9.17, 15) is 14.4 Å². The van der Waals surface area contributed by atoms with E-state index in [1.165, 1.54) is 11.8 Å². The molecule has 33 heavy (non-hydrogen) atoms. The van der Waals surface area contributed by atoms with Gasteiger partial charge in [0.05, 0.1) is 18.8 Å². The zero-order valence-electron chi connectivity index (χ0n) is 19.5. The molecule has 1 aromatic carbocycles. The van der Waals surface area contributed by atoms with Crippen molar-refractivity contribution in [3.8, 4) is 0 Å². The van der Waals surface area contributed by atoms with Crippen LogP contribution in [-0.4, -0.2) is 109 Å². The summed E-state index contributed by atoms with van der Waals surface area (Å²) in [6.07, 6.45) is 0. The van der Waals surface area contributed by atoms with Crippen molar-refractivity contribution in [3.63, 3.8) is 0 Å². The van der Waals surface area contributed by atoms with Crippen LogP contribution < -0.4 is 5.32 Å². The minimum absolute atomic E-state index is 0.155. The van der Waals surface area contributed by atoms with Crippen LogP contribution in [-0.2, 0) is 19.1 Å². The normalized spacial score (nSPS) is 20.7. The summed E-state index contributed by atoms with van der Waals surface area (Å²) in [4.78, 5) is 46.4. The molecule has 2 saturated heterocycles. The first kappa shape index (κ1) is 23.4. The number of hydrogen-bond donors (Lipinski definition) is 1. The molecule has 4 rings (SSSR count). The number of nitrogens with one attached hydrogen (secondary N) is 1. The summed E-state index contributed by atoms with van der Waals surface area (Å²) in [5, 5.41) is 2.74. The number of carbonyl (C=O) groups is 3. The summed E-state index contributed by atoms with van der Waals surface area (Å²) in [6, 6.07) is 7.15. The molecule has 2 fully saturated rings. The third-order valence-electron chi connectivity index (χ3n) is 6.52. The highest BCUT2D eigenvalue weighted by atomic mass is 16.5. The predicted molar refractivity (Wildman–Crippen MR) is 125 cm³/mol. The Morgan fingerprint density at radius 1 is 0.909 bits per heavy atom. The second-order valence-electron chi connectivity index (χ2n) is 8.62. The number of likely N-dealkylation sites (N-methyl/N-ethyl adjacent to an activating group) is 1. The average Bonchev–Trinajstić information content (AvgIpc) is 3.08. The molecule has 3 heterocycles. The number of imide groups is 1. The summed E-state index contributed by atoms with van der Waals surface area (Å²) >= 11 is 0. The van der Waals surface area contributed by atoms with E-state index in [1.54, 1.807) is 24.3 Å². The molecule has 3 amide bonds. The first-order chi connectivity index (χ1) is 16.0. The average molecular weight is 456 g/mol. The van der Waals surface area contributed by atoms with Crippen LogP contribution in [0.1, 0.15) is 19.4 Å². The summed E-state index contributed by atoms with van der Waals surface area (Å²) in [5.74, 6) is -0.606. The van der Waals surface area contributed by atoms with Gasteiger partial charge in [0, 0.05) is 65.0 Å². The number of piperazine rings is 1. The largest absolute Gasteiger partial charge is 0.379 e. The third-order valence-corrected chi connectivity index (χ3v) is 6.52. The number of amides is 3. The van der Waals surface area contributed by atoms with Gasteiger partial charge in [0.15, 0.2) is 0 Å². The van der Waals surface area contributed by atoms with Crippen molar-refractivity contribution in [2.24, 2.45) is 0 Å². The smallest absolute Gasteiger partial charge is 0.277 e. The molecule has 0 spiro atoms. The van der Waals surface area contributed by atoms with Gasteiger partial charge in [-0.2, -0.15) is 0 Å². The molecule has 0 radical (unpaired) electrons. The number of nitrogens with zero attached hydrogens (tertiary/aromatic N) is 4. The maximum Gasteiger partial charge on any atom is 0.277 e. The maximum absolute atomic E-state index is 13.5. The Bertz CT molecular complexity index is 915. The highest BCUT2D eigenvalue weighted by Gasteiger charge is 2.42. The number of ether oxygens (including phenoxy) is 1. The number of hydrogen-bond acceptors (Lipinski definition) is 7. The Morgan fingerprint density at radius 2 is 1.58 bits per heavy atom. The van der Waals surface area contributed by atoms with Crippen LogP contribution in [0.2, 0.25) is 0 Å². The second-order valence-corrected chi connectivity index (χ2v) is 8.62. The van der Waals surface area contributed by atoms with Gasteiger partial charge in [0.1, 0.15) is 5.70 Å². The number of morpholine rings is 1. The van der Waals surface area contributed by atoms with Crippen LogP contribution in [0.15, 0.2) is 30.0 Å². The van der Waals surface area contributed by atoms with Gasteiger partial charge in [-0.15, -0.1) is 0 Å². The fourth-order valence-corrected chi connectivity index (χ4v) is 4.60. The standard InChI is InChI=1S/C24H33N5O4/c1-3-26-8-11-28(12-9-26)22-21(19-4-6-20(7-5-19)25-18(2)30)23(31)29(24(22)32)13-10-27-14-16-33-17-15-27/h4-7H,3,8-17H2,1-2H3,(H,25,30). The van der Waals surface area contributed by atoms with Gasteiger partial charge < -0.3 is 19.9 Å². The summed E-state index contributed by atoms with van der Waals surface area (Å²) < 4.78 is 5.40. The molecule has 1 N–H and O–H groups in total. The molecule has 0 atom stereocenters. The Hall–Kier alpha value is -2.75. The molecular formula is C24H33N5O4. The molecule has 1 aromatic rings. The second kappa shape index (κ2) is 10.5. The minimum Gasteiger partial charge on any atom is -0.379 e. The highest BCUT2D eigenvalue weighted by molar-refractivity contribution is 6.35. The lowest BCUT2D eigenvalue weighted by atomic mass is 10.0. The molecule has 9 nitrogen and oxygen atoms in total. The van der Waals surface area contributed by atoms with Crippen LogP contribution in [0.5, 0.6) is 0 Å². The Morgan fingerprint density at radius 3 is 2.18 bits per heavy atom. The Kier molecular flexibility index (Phi) is 7.42.